The summed E-state index contributed by atoms with van der Waals surface area (Å²) in [7, 11) is 0. The standard InChI is InChI=1S/C23H31N3O4/c1-2-29-23(28)19-12-8-16-26(17-19)22(27)15-14-21-25-24-20(30-21)13-7-6-11-18-9-4-3-5-10-18/h3-5,9-10,19H,2,6-8,11-17H2,1H3/t19-/m1/s1. The molecule has 1 aliphatic heterocycles. The molecular weight excluding hydrogens is 382 g/mol. The van der Waals surface area contributed by atoms with Crippen LogP contribution in [0.15, 0.2) is 34.7 Å². The highest BCUT2D eigenvalue weighted by Gasteiger charge is 2.29. The number of piperidine rings is 1. The number of likely N-dealkylation sites (tertiary alicyclic amines) is 1. The molecule has 0 radical (unpaired) electrons. The van der Waals surface area contributed by atoms with Crippen LogP contribution < -0.4 is 0 Å². The van der Waals surface area contributed by atoms with Crippen molar-refractivity contribution in [1.82, 2.24) is 15.1 Å². The molecule has 30 heavy (non-hydrogen) atoms. The second-order valence-corrected chi connectivity index (χ2v) is 7.71. The fourth-order valence-corrected chi connectivity index (χ4v) is 3.77. The maximum Gasteiger partial charge on any atom is 0.310 e. The van der Waals surface area contributed by atoms with E-state index in [4.69, 9.17) is 9.15 Å². The molecule has 2 heterocycles. The Hall–Kier alpha value is -2.70. The van der Waals surface area contributed by atoms with Crippen molar-refractivity contribution < 1.29 is 18.7 Å². The molecule has 162 valence electrons. The molecule has 1 aliphatic rings. The topological polar surface area (TPSA) is 85.5 Å². The summed E-state index contributed by atoms with van der Waals surface area (Å²) in [4.78, 5) is 26.2. The van der Waals surface area contributed by atoms with Crippen LogP contribution in [-0.4, -0.2) is 46.7 Å². The summed E-state index contributed by atoms with van der Waals surface area (Å²) in [6.45, 7) is 3.29. The number of unbranched alkanes of at least 4 members (excludes halogenated alkanes) is 1. The fourth-order valence-electron chi connectivity index (χ4n) is 3.77. The molecule has 1 saturated heterocycles. The van der Waals surface area contributed by atoms with Gasteiger partial charge < -0.3 is 14.1 Å². The van der Waals surface area contributed by atoms with Crippen LogP contribution in [-0.2, 0) is 33.6 Å². The summed E-state index contributed by atoms with van der Waals surface area (Å²) in [6.07, 6.45) is 6.18. The Balaban J connectivity index is 1.37. The van der Waals surface area contributed by atoms with E-state index in [2.05, 4.69) is 34.5 Å². The van der Waals surface area contributed by atoms with E-state index in [0.29, 0.717) is 44.3 Å². The molecule has 1 aromatic heterocycles. The summed E-state index contributed by atoms with van der Waals surface area (Å²) in [6, 6.07) is 10.4. The first kappa shape index (κ1) is 22.0. The molecule has 7 heteroatoms. The molecular formula is C23H31N3O4. The molecule has 7 nitrogen and oxygen atoms in total. The van der Waals surface area contributed by atoms with Crippen molar-refractivity contribution >= 4 is 11.9 Å². The van der Waals surface area contributed by atoms with Crippen molar-refractivity contribution in [3.05, 3.63) is 47.7 Å². The monoisotopic (exact) mass is 413 g/mol. The molecule has 0 N–H and O–H groups in total. The lowest BCUT2D eigenvalue weighted by Gasteiger charge is -2.31. The fraction of sp³-hybridized carbons (Fsp3) is 0.565. The number of esters is 1. The zero-order valence-electron chi connectivity index (χ0n) is 17.7. The van der Waals surface area contributed by atoms with Gasteiger partial charge in [0, 0.05) is 32.4 Å². The maximum absolute atomic E-state index is 12.5. The predicted molar refractivity (Wildman–Crippen MR) is 112 cm³/mol. The van der Waals surface area contributed by atoms with Crippen LogP contribution in [0.2, 0.25) is 0 Å². The van der Waals surface area contributed by atoms with E-state index in [1.165, 1.54) is 5.56 Å². The van der Waals surface area contributed by atoms with E-state index in [1.54, 1.807) is 11.8 Å². The van der Waals surface area contributed by atoms with Crippen molar-refractivity contribution in [3.8, 4) is 0 Å². The number of amides is 1. The minimum atomic E-state index is -0.214. The molecule has 1 fully saturated rings. The Morgan fingerprint density at radius 1 is 1.10 bits per heavy atom. The highest BCUT2D eigenvalue weighted by molar-refractivity contribution is 5.78. The van der Waals surface area contributed by atoms with Gasteiger partial charge in [0.2, 0.25) is 17.7 Å². The lowest BCUT2D eigenvalue weighted by Crippen LogP contribution is -2.42. The average molecular weight is 414 g/mol. The van der Waals surface area contributed by atoms with Gasteiger partial charge in [0.15, 0.2) is 0 Å². The quantitative estimate of drug-likeness (QED) is 0.438. The van der Waals surface area contributed by atoms with Gasteiger partial charge in [0.1, 0.15) is 0 Å². The van der Waals surface area contributed by atoms with E-state index in [0.717, 1.165) is 38.5 Å². The van der Waals surface area contributed by atoms with Gasteiger partial charge in [-0.3, -0.25) is 9.59 Å². The molecule has 1 amide bonds. The number of hydrogen-bond acceptors (Lipinski definition) is 6. The Kier molecular flexibility index (Phi) is 8.41. The first-order valence-electron chi connectivity index (χ1n) is 10.9. The normalized spacial score (nSPS) is 16.4. The van der Waals surface area contributed by atoms with E-state index < -0.39 is 0 Å². The van der Waals surface area contributed by atoms with E-state index in [-0.39, 0.29) is 17.8 Å². The van der Waals surface area contributed by atoms with E-state index in [1.807, 2.05) is 6.07 Å². The lowest BCUT2D eigenvalue weighted by atomic mass is 9.98. The minimum Gasteiger partial charge on any atom is -0.466 e. The van der Waals surface area contributed by atoms with Crippen LogP contribution in [0.3, 0.4) is 0 Å². The van der Waals surface area contributed by atoms with Crippen LogP contribution in [0.1, 0.15) is 56.4 Å². The molecule has 2 aromatic rings. The van der Waals surface area contributed by atoms with Gasteiger partial charge in [-0.2, -0.15) is 0 Å². The van der Waals surface area contributed by atoms with Gasteiger partial charge in [-0.25, -0.2) is 0 Å². The molecule has 0 spiro atoms. The third-order valence-corrected chi connectivity index (χ3v) is 5.40. The number of carbonyl (C=O) groups excluding carboxylic acids is 2. The van der Waals surface area contributed by atoms with Crippen LogP contribution >= 0.6 is 0 Å². The zero-order chi connectivity index (χ0) is 21.2. The number of ether oxygens (including phenoxy) is 1. The Labute approximate surface area is 177 Å². The number of rotatable bonds is 10. The molecule has 1 aromatic carbocycles. The Morgan fingerprint density at radius 2 is 1.83 bits per heavy atom. The van der Waals surface area contributed by atoms with Crippen molar-refractivity contribution in [3.63, 3.8) is 0 Å². The van der Waals surface area contributed by atoms with Gasteiger partial charge in [-0.1, -0.05) is 30.3 Å². The van der Waals surface area contributed by atoms with Gasteiger partial charge in [0.25, 0.3) is 0 Å². The Bertz CT molecular complexity index is 806. The van der Waals surface area contributed by atoms with Gasteiger partial charge in [-0.05, 0) is 44.6 Å². The first-order chi connectivity index (χ1) is 14.7. The third kappa shape index (κ3) is 6.68. The average Bonchev–Trinajstić information content (AvgIpc) is 3.24. The lowest BCUT2D eigenvalue weighted by molar-refractivity contribution is -0.151. The number of nitrogens with zero attached hydrogens (tertiary/aromatic N) is 3. The molecule has 1 atom stereocenters. The SMILES string of the molecule is CCOC(=O)[C@@H]1CCCN(C(=O)CCc2nnc(CCCCc3ccccc3)o2)C1. The van der Waals surface area contributed by atoms with Crippen LogP contribution in [0.5, 0.6) is 0 Å². The second kappa shape index (κ2) is 11.5. The minimum absolute atomic E-state index is 0.0200. The van der Waals surface area contributed by atoms with E-state index >= 15 is 0 Å². The number of hydrogen-bond donors (Lipinski definition) is 0. The number of aromatic nitrogens is 2. The van der Waals surface area contributed by atoms with E-state index in [9.17, 15) is 9.59 Å². The number of benzene rings is 1. The zero-order valence-corrected chi connectivity index (χ0v) is 17.7. The molecule has 0 unspecified atom stereocenters. The second-order valence-electron chi connectivity index (χ2n) is 7.71. The number of aryl methyl sites for hydroxylation is 3. The summed E-state index contributed by atoms with van der Waals surface area (Å²) in [5.74, 6) is 0.732. The highest BCUT2D eigenvalue weighted by Crippen LogP contribution is 2.19. The summed E-state index contributed by atoms with van der Waals surface area (Å²) >= 11 is 0. The van der Waals surface area contributed by atoms with Crippen molar-refractivity contribution in [2.45, 2.75) is 58.3 Å². The maximum atomic E-state index is 12.5. The number of carbonyl (C=O) groups is 2. The van der Waals surface area contributed by atoms with Gasteiger partial charge >= 0.3 is 5.97 Å². The highest BCUT2D eigenvalue weighted by atomic mass is 16.5. The summed E-state index contributed by atoms with van der Waals surface area (Å²) in [5.41, 5.74) is 1.34. The van der Waals surface area contributed by atoms with Crippen LogP contribution in [0, 0.1) is 5.92 Å². The predicted octanol–water partition coefficient (Wildman–Crippen LogP) is 3.37. The third-order valence-electron chi connectivity index (χ3n) is 5.40. The van der Waals surface area contributed by atoms with Crippen LogP contribution in [0.4, 0.5) is 0 Å². The smallest absolute Gasteiger partial charge is 0.310 e. The Morgan fingerprint density at radius 3 is 2.60 bits per heavy atom. The molecule has 0 saturated carbocycles. The summed E-state index contributed by atoms with van der Waals surface area (Å²) in [5, 5.41) is 8.18. The largest absolute Gasteiger partial charge is 0.466 e. The van der Waals surface area contributed by atoms with Crippen molar-refractivity contribution in [2.24, 2.45) is 5.92 Å². The van der Waals surface area contributed by atoms with Crippen LogP contribution in [0.25, 0.3) is 0 Å². The molecule has 3 rings (SSSR count). The first-order valence-corrected chi connectivity index (χ1v) is 10.9. The van der Waals surface area contributed by atoms with Crippen molar-refractivity contribution in [1.29, 1.82) is 0 Å². The van der Waals surface area contributed by atoms with Gasteiger partial charge in [-0.15, -0.1) is 10.2 Å². The van der Waals surface area contributed by atoms with Crippen molar-refractivity contribution in [2.75, 3.05) is 19.7 Å². The summed E-state index contributed by atoms with van der Waals surface area (Å²) < 4.78 is 10.8. The molecule has 0 bridgehead atoms. The van der Waals surface area contributed by atoms with Gasteiger partial charge in [0.05, 0.1) is 12.5 Å². The molecule has 0 aliphatic carbocycles.